The Morgan fingerprint density at radius 1 is 0.351 bits per heavy atom. The average Bonchev–Trinajstić information content (AvgIpc) is 3.61. The Morgan fingerprint density at radius 2 is 0.558 bits per heavy atom. The van der Waals surface area contributed by atoms with Crippen LogP contribution in [0, 0.1) is 23.2 Å². The summed E-state index contributed by atoms with van der Waals surface area (Å²) < 4.78 is 8.82. The van der Waals surface area contributed by atoms with E-state index in [0.29, 0.717) is 17.8 Å². The summed E-state index contributed by atoms with van der Waals surface area (Å²) in [5.74, 6) is 2.23. The van der Waals surface area contributed by atoms with E-state index < -0.39 is 10.3 Å². The summed E-state index contributed by atoms with van der Waals surface area (Å²) in [6.07, 6.45) is 49.9. The summed E-state index contributed by atoms with van der Waals surface area (Å²) in [4.78, 5) is 21.7. The van der Waals surface area contributed by atoms with Crippen molar-refractivity contribution in [2.45, 2.75) is 347 Å². The minimum absolute atomic E-state index is 0.217. The van der Waals surface area contributed by atoms with Crippen LogP contribution in [0.1, 0.15) is 324 Å². The zero-order valence-electron chi connectivity index (χ0n) is 52.1. The Kier molecular flexibility index (Phi) is 28.1. The summed E-state index contributed by atoms with van der Waals surface area (Å²) in [5.41, 5.74) is 13.5. The molecule has 0 radical (unpaired) electrons. The van der Waals surface area contributed by atoms with Crippen molar-refractivity contribution in [3.8, 4) is 0 Å². The maximum Gasteiger partial charge on any atom is 0.323 e. The predicted molar refractivity (Wildman–Crippen MR) is 337 cm³/mol. The van der Waals surface area contributed by atoms with E-state index >= 15 is 4.79 Å². The molecule has 4 saturated carbocycles. The molecule has 0 spiro atoms. The second kappa shape index (κ2) is 34.0. The molecule has 0 aliphatic heterocycles. The highest BCUT2D eigenvalue weighted by Crippen LogP contribution is 2.76. The number of rotatable bonds is 41. The molecule has 0 saturated heterocycles. The van der Waals surface area contributed by atoms with E-state index in [1.165, 1.54) is 224 Å². The van der Waals surface area contributed by atoms with Crippen LogP contribution in [0.2, 0.25) is 0 Å². The van der Waals surface area contributed by atoms with Gasteiger partial charge < -0.3 is 4.18 Å². The fourth-order valence-electron chi connectivity index (χ4n) is 15.3. The van der Waals surface area contributed by atoms with Crippen LogP contribution >= 0.6 is 10.3 Å². The van der Waals surface area contributed by atoms with Crippen molar-refractivity contribution in [3.05, 3.63) is 86.5 Å². The van der Waals surface area contributed by atoms with Crippen LogP contribution in [0.5, 0.6) is 0 Å². The topological polar surface area (TPSA) is 26.3 Å². The minimum Gasteiger partial charge on any atom is -0.401 e. The number of benzene rings is 3. The molecule has 0 atom stereocenters. The van der Waals surface area contributed by atoms with E-state index in [4.69, 9.17) is 4.18 Å². The van der Waals surface area contributed by atoms with Gasteiger partial charge in [0.05, 0.1) is 5.41 Å². The highest BCUT2D eigenvalue weighted by Gasteiger charge is 2.58. The van der Waals surface area contributed by atoms with Crippen molar-refractivity contribution in [3.63, 3.8) is 0 Å². The molecule has 7 rings (SSSR count). The van der Waals surface area contributed by atoms with E-state index in [9.17, 15) is 0 Å². The molecule has 2 nitrogen and oxygen atoms in total. The van der Waals surface area contributed by atoms with Crippen molar-refractivity contribution in [2.24, 2.45) is 23.2 Å². The molecular formula is C74H120O2S. The normalized spacial score (nSPS) is 19.2. The van der Waals surface area contributed by atoms with Gasteiger partial charge in [0.25, 0.3) is 0 Å². The van der Waals surface area contributed by atoms with Crippen molar-refractivity contribution in [1.29, 1.82) is 0 Å². The lowest BCUT2D eigenvalue weighted by Gasteiger charge is -2.56. The maximum absolute atomic E-state index is 17.2. The molecule has 4 bridgehead atoms. The van der Waals surface area contributed by atoms with Gasteiger partial charge in [-0.2, -0.15) is 0 Å². The lowest BCUT2D eigenvalue weighted by Crippen LogP contribution is -2.50. The fourth-order valence-corrected chi connectivity index (χ4v) is 19.7. The largest absolute Gasteiger partial charge is 0.401 e. The lowest BCUT2D eigenvalue weighted by molar-refractivity contribution is -0.160. The monoisotopic (exact) mass is 1070 g/mol. The van der Waals surface area contributed by atoms with Gasteiger partial charge in [0.15, 0.2) is 0 Å². The first-order valence-electron chi connectivity index (χ1n) is 34.2. The van der Waals surface area contributed by atoms with Gasteiger partial charge in [-0.25, -0.2) is 0 Å². The van der Waals surface area contributed by atoms with Gasteiger partial charge in [0.1, 0.15) is 0 Å². The average molecular weight is 1070 g/mol. The molecule has 0 aromatic heterocycles. The van der Waals surface area contributed by atoms with Gasteiger partial charge in [-0.05, 0) is 232 Å². The van der Waals surface area contributed by atoms with E-state index in [1.807, 2.05) is 0 Å². The molecule has 4 aliphatic carbocycles. The Labute approximate surface area is 479 Å². The molecule has 0 N–H and O–H groups in total. The third-order valence-corrected chi connectivity index (χ3v) is 22.6. The highest BCUT2D eigenvalue weighted by atomic mass is 32.3. The molecular weight excluding hydrogens is 953 g/mol. The van der Waals surface area contributed by atoms with Gasteiger partial charge in [0, 0.05) is 14.7 Å². The highest BCUT2D eigenvalue weighted by molar-refractivity contribution is 8.30. The first-order chi connectivity index (χ1) is 37.7. The number of carbonyl (C=O) groups excluding carboxylic acids is 1. The fraction of sp³-hybridized carbons (Fsp3) is 0.743. The van der Waals surface area contributed by atoms with E-state index in [0.717, 1.165) is 77.0 Å². The molecule has 0 unspecified atom stereocenters. The summed E-state index contributed by atoms with van der Waals surface area (Å²) >= 11 is 0. The molecule has 3 aromatic carbocycles. The predicted octanol–water partition coefficient (Wildman–Crippen LogP) is 23.2. The number of aryl methyl sites for hydroxylation is 9. The first kappa shape index (κ1) is 63.7. The molecule has 4 fully saturated rings. The molecule has 3 heteroatoms. The zero-order chi connectivity index (χ0) is 54.9. The summed E-state index contributed by atoms with van der Waals surface area (Å²) in [5, 5.41) is 0. The Hall–Kier alpha value is -2.52. The Bertz CT molecular complexity index is 1850. The quantitative estimate of drug-likeness (QED) is 0.0529. The summed E-state index contributed by atoms with van der Waals surface area (Å²) in [6.45, 7) is 21.4. The SMILES string of the molecule is CCCCCc1cc(CCCCC)c(S(OC(=O)C23CC4CC(CC(C4)C2)C3)(c2c(CCCCC)cc(CCCCC)cc2CCCCC)c2c(CCCCC)cc(CCCCC)cc2CCCCC)c(CCCCC)c1. The second-order valence-electron chi connectivity index (χ2n) is 26.0. The number of hydrogen-bond donors (Lipinski definition) is 0. The van der Waals surface area contributed by atoms with Crippen LogP contribution < -0.4 is 0 Å². The maximum atomic E-state index is 17.2. The van der Waals surface area contributed by atoms with Crippen LogP contribution in [-0.2, 0) is 66.8 Å². The second-order valence-corrected chi connectivity index (χ2v) is 28.5. The van der Waals surface area contributed by atoms with Gasteiger partial charge in [-0.3, -0.25) is 4.79 Å². The van der Waals surface area contributed by atoms with Crippen LogP contribution in [-0.4, -0.2) is 5.97 Å². The molecule has 77 heavy (non-hydrogen) atoms. The van der Waals surface area contributed by atoms with Gasteiger partial charge >= 0.3 is 5.97 Å². The number of unbranched alkanes of at least 4 members (excludes halogenated alkanes) is 18. The third kappa shape index (κ3) is 17.5. The molecule has 3 aromatic rings. The van der Waals surface area contributed by atoms with Gasteiger partial charge in [0.2, 0.25) is 0 Å². The van der Waals surface area contributed by atoms with Crippen molar-refractivity contribution in [1.82, 2.24) is 0 Å². The summed E-state index contributed by atoms with van der Waals surface area (Å²) in [7, 11) is -2.71. The van der Waals surface area contributed by atoms with Gasteiger partial charge in [-0.1, -0.05) is 214 Å². The molecule has 0 heterocycles. The number of carbonyl (C=O) groups is 1. The van der Waals surface area contributed by atoms with Gasteiger partial charge in [-0.15, -0.1) is 0 Å². The van der Waals surface area contributed by atoms with Crippen molar-refractivity contribution < 1.29 is 8.98 Å². The molecule has 0 amide bonds. The summed E-state index contributed by atoms with van der Waals surface area (Å²) in [6, 6.07) is 16.4. The van der Waals surface area contributed by atoms with E-state index in [1.54, 1.807) is 33.4 Å². The van der Waals surface area contributed by atoms with Crippen LogP contribution in [0.25, 0.3) is 0 Å². The molecule has 4 aliphatic rings. The number of hydrogen-bond acceptors (Lipinski definition) is 2. The Balaban J connectivity index is 1.91. The third-order valence-electron chi connectivity index (χ3n) is 18.9. The van der Waals surface area contributed by atoms with Crippen LogP contribution in [0.3, 0.4) is 0 Å². The van der Waals surface area contributed by atoms with Crippen molar-refractivity contribution >= 4 is 16.3 Å². The Morgan fingerprint density at radius 3 is 0.766 bits per heavy atom. The molecule has 434 valence electrons. The van der Waals surface area contributed by atoms with Crippen LogP contribution in [0.15, 0.2) is 51.1 Å². The lowest BCUT2D eigenvalue weighted by atomic mass is 9.49. The van der Waals surface area contributed by atoms with Crippen LogP contribution in [0.4, 0.5) is 0 Å². The smallest absolute Gasteiger partial charge is 0.323 e. The van der Waals surface area contributed by atoms with E-state index in [2.05, 4.69) is 98.7 Å². The first-order valence-corrected chi connectivity index (χ1v) is 35.7. The van der Waals surface area contributed by atoms with Crippen molar-refractivity contribution in [2.75, 3.05) is 0 Å². The standard InChI is InChI=1S/C74H120O2S/c1-10-19-28-37-58-49-64(40-31-22-13-4)70(65(50-58)41-32-23-14-5)77(76-73(75)74-55-61-46-62(56-74)48-63(47-61)57-74,71-66(42-33-24-15-6)51-59(38-29-20-11-2)52-67(71)43-34-25-16-7)72-68(44-35-26-17-8)53-60(39-30-21-12-3)54-69(72)45-36-27-18-9/h49-54,61-63H,10-48,55-57H2,1-9H3. The zero-order valence-corrected chi connectivity index (χ0v) is 52.9. The minimum atomic E-state index is -2.71. The van der Waals surface area contributed by atoms with E-state index in [-0.39, 0.29) is 11.4 Å².